The number of imidazole rings is 2. The average molecular weight is 587 g/mol. The number of fused-ring (bicyclic) bond motifs is 5. The number of benzene rings is 4. The first kappa shape index (κ1) is 22.8. The lowest BCUT2D eigenvalue weighted by atomic mass is 10.2. The molecule has 0 saturated carbocycles. The molecule has 168 valence electrons. The van der Waals surface area contributed by atoms with Crippen LogP contribution in [0.2, 0.25) is 0 Å². The average Bonchev–Trinajstić information content (AvgIpc) is 3.41. The molecule has 2 heterocycles. The second-order valence-corrected chi connectivity index (χ2v) is 9.17. The Morgan fingerprint density at radius 3 is 1.97 bits per heavy atom. The highest BCUT2D eigenvalue weighted by Crippen LogP contribution is 2.37. The Bertz CT molecular complexity index is 1820. The van der Waals surface area contributed by atoms with Crippen molar-refractivity contribution in [3.8, 4) is 5.69 Å². The predicted molar refractivity (Wildman–Crippen MR) is 144 cm³/mol. The maximum absolute atomic E-state index is 12.7. The summed E-state index contributed by atoms with van der Waals surface area (Å²) >= 11 is 6.59. The molecule has 5 nitrogen and oxygen atoms in total. The molecule has 0 aliphatic heterocycles. The number of rotatable bonds is 1. The van der Waals surface area contributed by atoms with Gasteiger partial charge in [0, 0.05) is 8.95 Å². The summed E-state index contributed by atoms with van der Waals surface area (Å²) in [5.74, 6) is 0.316. The lowest BCUT2D eigenvalue weighted by Crippen LogP contribution is -1.96. The first-order chi connectivity index (χ1) is 17.0. The van der Waals surface area contributed by atoms with E-state index in [9.17, 15) is 4.39 Å². The second-order valence-electron chi connectivity index (χ2n) is 7.46. The van der Waals surface area contributed by atoms with E-state index in [1.54, 1.807) is 12.1 Å². The Labute approximate surface area is 217 Å². The zero-order valence-corrected chi connectivity index (χ0v) is 21.1. The van der Waals surface area contributed by atoms with Gasteiger partial charge in [-0.15, -0.1) is 0 Å². The lowest BCUT2D eigenvalue weighted by molar-refractivity contribution is 0.627. The van der Waals surface area contributed by atoms with Crippen molar-refractivity contribution in [1.29, 1.82) is 0 Å². The first-order valence-corrected chi connectivity index (χ1v) is 12.0. The monoisotopic (exact) mass is 585 g/mol. The van der Waals surface area contributed by atoms with Crippen LogP contribution < -0.4 is 0 Å². The van der Waals surface area contributed by atoms with Crippen LogP contribution in [0.3, 0.4) is 0 Å². The first-order valence-electron chi connectivity index (χ1n) is 10.4. The minimum Gasteiger partial charge on any atom is -0.287 e. The maximum atomic E-state index is 12.7. The zero-order valence-electron chi connectivity index (χ0n) is 18.0. The molecule has 0 atom stereocenters. The minimum atomic E-state index is -0.488. The summed E-state index contributed by atoms with van der Waals surface area (Å²) in [6, 6.07) is 26.6. The summed E-state index contributed by atoms with van der Waals surface area (Å²) in [7, 11) is 0. The van der Waals surface area contributed by atoms with Gasteiger partial charge in [-0.1, -0.05) is 48.5 Å². The SMILES string of the molecule is [C-]#[N+]c1cccc(Br)c1-n1c2ccccc2n2c3ccccc3nc12.[C-]#[N+]c1cccc(Br)c1F. The molecule has 0 fully saturated rings. The molecule has 0 saturated heterocycles. The van der Waals surface area contributed by atoms with Crippen molar-refractivity contribution < 1.29 is 4.39 Å². The maximum Gasteiger partial charge on any atom is 0.223 e. The van der Waals surface area contributed by atoms with Crippen molar-refractivity contribution in [1.82, 2.24) is 14.0 Å². The van der Waals surface area contributed by atoms with Crippen LogP contribution in [-0.4, -0.2) is 14.0 Å². The van der Waals surface area contributed by atoms with Crippen molar-refractivity contribution in [2.45, 2.75) is 0 Å². The molecular formula is C27H14Br2FN5. The van der Waals surface area contributed by atoms with Crippen LogP contribution in [0.5, 0.6) is 0 Å². The van der Waals surface area contributed by atoms with E-state index in [4.69, 9.17) is 18.1 Å². The van der Waals surface area contributed by atoms with E-state index in [0.717, 1.165) is 38.0 Å². The van der Waals surface area contributed by atoms with Gasteiger partial charge in [0.25, 0.3) is 0 Å². The van der Waals surface area contributed by atoms with Gasteiger partial charge in [-0.25, -0.2) is 19.1 Å². The van der Waals surface area contributed by atoms with E-state index in [1.807, 2.05) is 48.5 Å². The van der Waals surface area contributed by atoms with E-state index in [0.29, 0.717) is 10.2 Å². The molecule has 0 aliphatic rings. The molecule has 2 aromatic heterocycles. The van der Waals surface area contributed by atoms with Crippen molar-refractivity contribution in [3.63, 3.8) is 0 Å². The highest BCUT2D eigenvalue weighted by atomic mass is 79.9. The van der Waals surface area contributed by atoms with E-state index < -0.39 is 5.82 Å². The summed E-state index contributed by atoms with van der Waals surface area (Å²) < 4.78 is 18.2. The van der Waals surface area contributed by atoms with Gasteiger partial charge in [-0.05, 0) is 68.3 Å². The highest BCUT2D eigenvalue weighted by Gasteiger charge is 2.20. The summed E-state index contributed by atoms with van der Waals surface area (Å²) in [4.78, 5) is 11.5. The van der Waals surface area contributed by atoms with Gasteiger partial charge in [0.2, 0.25) is 17.2 Å². The third-order valence-electron chi connectivity index (χ3n) is 5.47. The molecular weight excluding hydrogens is 573 g/mol. The Kier molecular flexibility index (Phi) is 6.08. The fraction of sp³-hybridized carbons (Fsp3) is 0. The van der Waals surface area contributed by atoms with E-state index in [2.05, 4.69) is 68.7 Å². The van der Waals surface area contributed by atoms with E-state index >= 15 is 0 Å². The molecule has 0 unspecified atom stereocenters. The molecule has 35 heavy (non-hydrogen) atoms. The fourth-order valence-corrected chi connectivity index (χ4v) is 4.85. The highest BCUT2D eigenvalue weighted by molar-refractivity contribution is 9.10. The molecule has 0 spiro atoms. The minimum absolute atomic E-state index is 0.0503. The molecule has 0 radical (unpaired) electrons. The van der Waals surface area contributed by atoms with Gasteiger partial charge >= 0.3 is 0 Å². The quantitative estimate of drug-likeness (QED) is 0.177. The standard InChI is InChI=1S/C20H11BrN4.C7H3BrFN/c1-22-15-9-6-7-13(21)19(15)25-18-12-5-4-11-17(18)24-16-10-3-2-8-14(16)23-20(24)25;1-10-6-4-2-3-5(8)7(6)9/h2-12H;2-4H. The largest absolute Gasteiger partial charge is 0.287 e. The number of hydrogen-bond acceptors (Lipinski definition) is 1. The summed E-state index contributed by atoms with van der Waals surface area (Å²) in [5.41, 5.74) is 5.54. The topological polar surface area (TPSA) is 30.9 Å². The third kappa shape index (κ3) is 3.87. The molecule has 0 N–H and O–H groups in total. The Balaban J connectivity index is 0.000000214. The number of hydrogen-bond donors (Lipinski definition) is 0. The van der Waals surface area contributed by atoms with Gasteiger partial charge in [-0.3, -0.25) is 8.97 Å². The Hall–Kier alpha value is -3.98. The molecule has 0 amide bonds. The molecule has 8 heteroatoms. The number of para-hydroxylation sites is 5. The van der Waals surface area contributed by atoms with Gasteiger partial charge in [0.1, 0.15) is 5.82 Å². The second kappa shape index (κ2) is 9.34. The lowest BCUT2D eigenvalue weighted by Gasteiger charge is -2.10. The van der Waals surface area contributed by atoms with Crippen LogP contribution in [0.1, 0.15) is 0 Å². The van der Waals surface area contributed by atoms with Crippen LogP contribution in [-0.2, 0) is 0 Å². The molecule has 0 aliphatic carbocycles. The van der Waals surface area contributed by atoms with E-state index in [1.165, 1.54) is 6.07 Å². The summed E-state index contributed by atoms with van der Waals surface area (Å²) in [6.07, 6.45) is 0. The normalized spacial score (nSPS) is 10.7. The van der Waals surface area contributed by atoms with Crippen molar-refractivity contribution in [2.75, 3.05) is 0 Å². The molecule has 6 aromatic rings. The van der Waals surface area contributed by atoms with Gasteiger partial charge in [0.15, 0.2) is 0 Å². The van der Waals surface area contributed by atoms with Gasteiger partial charge in [0.05, 0.1) is 40.9 Å². The summed E-state index contributed by atoms with van der Waals surface area (Å²) in [5, 5.41) is 0. The van der Waals surface area contributed by atoms with Crippen molar-refractivity contribution >= 4 is 71.1 Å². The van der Waals surface area contributed by atoms with Crippen LogP contribution in [0.15, 0.2) is 93.9 Å². The zero-order chi connectivity index (χ0) is 24.5. The smallest absolute Gasteiger partial charge is 0.223 e. The van der Waals surface area contributed by atoms with Crippen LogP contribution in [0, 0.1) is 19.0 Å². The van der Waals surface area contributed by atoms with Crippen LogP contribution >= 0.6 is 31.9 Å². The fourth-order valence-electron chi connectivity index (χ4n) is 3.97. The predicted octanol–water partition coefficient (Wildman–Crippen LogP) is 8.88. The van der Waals surface area contributed by atoms with Crippen LogP contribution in [0.25, 0.3) is 43.2 Å². The number of nitrogens with zero attached hydrogens (tertiary/aromatic N) is 5. The van der Waals surface area contributed by atoms with Crippen LogP contribution in [0.4, 0.5) is 15.8 Å². The van der Waals surface area contributed by atoms with Gasteiger partial charge < -0.3 is 0 Å². The van der Waals surface area contributed by atoms with Crippen molar-refractivity contribution in [3.05, 3.63) is 123 Å². The van der Waals surface area contributed by atoms with Gasteiger partial charge in [-0.2, -0.15) is 0 Å². The molecule has 0 bridgehead atoms. The van der Waals surface area contributed by atoms with E-state index in [-0.39, 0.29) is 5.69 Å². The number of halogens is 3. The van der Waals surface area contributed by atoms with Crippen molar-refractivity contribution in [2.24, 2.45) is 0 Å². The molecule has 6 rings (SSSR count). The summed E-state index contributed by atoms with van der Waals surface area (Å²) in [6.45, 7) is 14.1. The Morgan fingerprint density at radius 1 is 0.686 bits per heavy atom. The number of aromatic nitrogens is 3. The Morgan fingerprint density at radius 2 is 1.29 bits per heavy atom. The molecule has 4 aromatic carbocycles. The third-order valence-corrected chi connectivity index (χ3v) is 6.72.